The highest BCUT2D eigenvalue weighted by Gasteiger charge is 2.14. The van der Waals surface area contributed by atoms with Crippen LogP contribution in [0.4, 0.5) is 5.69 Å². The molecule has 0 fully saturated rings. The van der Waals surface area contributed by atoms with Gasteiger partial charge in [-0.15, -0.1) is 0 Å². The number of hydrogen-bond donors (Lipinski definition) is 1. The Hall–Kier alpha value is -1.71. The van der Waals surface area contributed by atoms with Crippen molar-refractivity contribution in [3.63, 3.8) is 0 Å². The molecule has 5 heteroatoms. The zero-order valence-corrected chi connectivity index (χ0v) is 12.4. The van der Waals surface area contributed by atoms with Gasteiger partial charge in [0.15, 0.2) is 0 Å². The monoisotopic (exact) mass is 305 g/mol. The number of nitrogen functional groups attached to an aromatic ring is 1. The number of nitrogens with zero attached hydrogens (tertiary/aromatic N) is 2. The summed E-state index contributed by atoms with van der Waals surface area (Å²) >= 11 is 12.2. The van der Waals surface area contributed by atoms with E-state index in [1.54, 1.807) is 12.1 Å². The fourth-order valence-electron chi connectivity index (χ4n) is 2.33. The van der Waals surface area contributed by atoms with E-state index in [4.69, 9.17) is 28.9 Å². The number of anilines is 1. The molecular formula is C15H13Cl2N3. The van der Waals surface area contributed by atoms with Gasteiger partial charge < -0.3 is 10.3 Å². The normalized spacial score (nSPS) is 11.2. The Kier molecular flexibility index (Phi) is 3.32. The Morgan fingerprint density at radius 2 is 1.80 bits per heavy atom. The molecule has 0 amide bonds. The topological polar surface area (TPSA) is 43.8 Å². The molecule has 0 spiro atoms. The van der Waals surface area contributed by atoms with Crippen molar-refractivity contribution in [2.45, 2.75) is 13.5 Å². The van der Waals surface area contributed by atoms with Crippen LogP contribution in [0.2, 0.25) is 10.0 Å². The lowest BCUT2D eigenvalue weighted by Crippen LogP contribution is -1.98. The van der Waals surface area contributed by atoms with E-state index in [1.165, 1.54) is 0 Å². The highest BCUT2D eigenvalue weighted by molar-refractivity contribution is 6.39. The maximum Gasteiger partial charge on any atom is 0.141 e. The van der Waals surface area contributed by atoms with Gasteiger partial charge in [-0.2, -0.15) is 0 Å². The van der Waals surface area contributed by atoms with Crippen molar-refractivity contribution < 1.29 is 0 Å². The molecular weight excluding hydrogens is 293 g/mol. The van der Waals surface area contributed by atoms with Crippen molar-refractivity contribution in [2.75, 3.05) is 5.73 Å². The highest BCUT2D eigenvalue weighted by atomic mass is 35.5. The van der Waals surface area contributed by atoms with E-state index in [1.807, 2.05) is 18.2 Å². The molecule has 0 radical (unpaired) electrons. The Morgan fingerprint density at radius 1 is 1.15 bits per heavy atom. The molecule has 0 bridgehead atoms. The van der Waals surface area contributed by atoms with Crippen LogP contribution in [-0.4, -0.2) is 9.55 Å². The van der Waals surface area contributed by atoms with Gasteiger partial charge in [0.05, 0.1) is 26.8 Å². The molecule has 0 unspecified atom stereocenters. The van der Waals surface area contributed by atoms with E-state index in [-0.39, 0.29) is 0 Å². The molecule has 2 N–H and O–H groups in total. The van der Waals surface area contributed by atoms with Gasteiger partial charge in [0.25, 0.3) is 0 Å². The molecule has 3 aromatic rings. The summed E-state index contributed by atoms with van der Waals surface area (Å²) in [7, 11) is 0. The van der Waals surface area contributed by atoms with Crippen molar-refractivity contribution >= 4 is 39.9 Å². The van der Waals surface area contributed by atoms with Crippen molar-refractivity contribution in [1.82, 2.24) is 9.55 Å². The summed E-state index contributed by atoms with van der Waals surface area (Å²) in [6.45, 7) is 2.90. The van der Waals surface area contributed by atoms with E-state index < -0.39 is 0 Å². The lowest BCUT2D eigenvalue weighted by molar-refractivity contribution is 0.796. The van der Waals surface area contributed by atoms with Gasteiger partial charge in [0, 0.05) is 12.1 Å². The SMILES string of the molecule is CCn1c(-c2cc(Cl)c(N)c(Cl)c2)nc2ccccc21. The lowest BCUT2D eigenvalue weighted by atomic mass is 10.2. The zero-order valence-electron chi connectivity index (χ0n) is 10.9. The van der Waals surface area contributed by atoms with Crippen molar-refractivity contribution in [3.05, 3.63) is 46.4 Å². The highest BCUT2D eigenvalue weighted by Crippen LogP contribution is 2.34. The third-order valence-corrected chi connectivity index (χ3v) is 3.93. The molecule has 0 aliphatic carbocycles. The van der Waals surface area contributed by atoms with E-state index in [0.717, 1.165) is 29.0 Å². The van der Waals surface area contributed by atoms with Crippen molar-refractivity contribution in [1.29, 1.82) is 0 Å². The minimum absolute atomic E-state index is 0.399. The molecule has 1 heterocycles. The number of aromatic nitrogens is 2. The molecule has 0 saturated heterocycles. The Bertz CT molecular complexity index is 770. The molecule has 0 aliphatic heterocycles. The van der Waals surface area contributed by atoms with Crippen LogP contribution in [0.1, 0.15) is 6.92 Å². The predicted octanol–water partition coefficient (Wildman–Crippen LogP) is 4.61. The van der Waals surface area contributed by atoms with E-state index in [9.17, 15) is 0 Å². The van der Waals surface area contributed by atoms with Gasteiger partial charge in [0.2, 0.25) is 0 Å². The third-order valence-electron chi connectivity index (χ3n) is 3.31. The second-order valence-corrected chi connectivity index (χ2v) is 5.34. The van der Waals surface area contributed by atoms with Crippen LogP contribution in [0.25, 0.3) is 22.4 Å². The largest absolute Gasteiger partial charge is 0.396 e. The van der Waals surface area contributed by atoms with Gasteiger partial charge in [-0.05, 0) is 31.2 Å². The fraction of sp³-hybridized carbons (Fsp3) is 0.133. The number of nitrogens with two attached hydrogens (primary N) is 1. The minimum Gasteiger partial charge on any atom is -0.396 e. The Balaban J connectivity index is 2.29. The van der Waals surface area contributed by atoms with Crippen molar-refractivity contribution in [2.24, 2.45) is 0 Å². The first-order valence-electron chi connectivity index (χ1n) is 6.32. The molecule has 0 saturated carbocycles. The molecule has 0 atom stereocenters. The summed E-state index contributed by atoms with van der Waals surface area (Å²) < 4.78 is 2.13. The average Bonchev–Trinajstić information content (AvgIpc) is 2.82. The van der Waals surface area contributed by atoms with Crippen LogP contribution < -0.4 is 5.73 Å². The van der Waals surface area contributed by atoms with Crippen LogP contribution >= 0.6 is 23.2 Å². The van der Waals surface area contributed by atoms with Crippen molar-refractivity contribution in [3.8, 4) is 11.4 Å². The Morgan fingerprint density at radius 3 is 2.45 bits per heavy atom. The Labute approximate surface area is 126 Å². The number of fused-ring (bicyclic) bond motifs is 1. The second-order valence-electron chi connectivity index (χ2n) is 4.52. The van der Waals surface area contributed by atoms with Crippen LogP contribution in [0.3, 0.4) is 0 Å². The summed E-state index contributed by atoms with van der Waals surface area (Å²) in [4.78, 5) is 4.67. The number of halogens is 2. The minimum atomic E-state index is 0.399. The second kappa shape index (κ2) is 5.00. The molecule has 3 rings (SSSR count). The van der Waals surface area contributed by atoms with Gasteiger partial charge in [-0.25, -0.2) is 4.98 Å². The molecule has 2 aromatic carbocycles. The van der Waals surface area contributed by atoms with Gasteiger partial charge in [-0.1, -0.05) is 35.3 Å². The first-order chi connectivity index (χ1) is 9.61. The maximum atomic E-state index is 6.12. The number of imidazole rings is 1. The summed E-state index contributed by atoms with van der Waals surface area (Å²) in [5, 5.41) is 0.893. The number of aryl methyl sites for hydroxylation is 1. The summed E-state index contributed by atoms with van der Waals surface area (Å²) in [5.41, 5.74) is 9.09. The van der Waals surface area contributed by atoms with Gasteiger partial charge in [0.1, 0.15) is 5.82 Å². The van der Waals surface area contributed by atoms with Crippen LogP contribution in [0.15, 0.2) is 36.4 Å². The standard InChI is InChI=1S/C15H13Cl2N3/c1-2-20-13-6-4-3-5-12(13)19-15(20)9-7-10(16)14(18)11(17)8-9/h3-8H,2,18H2,1H3. The first-order valence-corrected chi connectivity index (χ1v) is 7.07. The fourth-order valence-corrected chi connectivity index (χ4v) is 2.82. The number of benzene rings is 2. The zero-order chi connectivity index (χ0) is 14.3. The first kappa shape index (κ1) is 13.3. The maximum absolute atomic E-state index is 6.12. The molecule has 3 nitrogen and oxygen atoms in total. The van der Waals surface area contributed by atoms with Crippen LogP contribution in [0.5, 0.6) is 0 Å². The van der Waals surface area contributed by atoms with E-state index >= 15 is 0 Å². The van der Waals surface area contributed by atoms with Gasteiger partial charge in [-0.3, -0.25) is 0 Å². The summed E-state index contributed by atoms with van der Waals surface area (Å²) in [6.07, 6.45) is 0. The van der Waals surface area contributed by atoms with E-state index in [0.29, 0.717) is 15.7 Å². The third kappa shape index (κ3) is 2.03. The van der Waals surface area contributed by atoms with Crippen LogP contribution in [-0.2, 0) is 6.54 Å². The quantitative estimate of drug-likeness (QED) is 0.702. The summed E-state index contributed by atoms with van der Waals surface area (Å²) in [5.74, 6) is 0.845. The molecule has 20 heavy (non-hydrogen) atoms. The molecule has 0 aliphatic rings. The average molecular weight is 306 g/mol. The smallest absolute Gasteiger partial charge is 0.141 e. The summed E-state index contributed by atoms with van der Waals surface area (Å²) in [6, 6.07) is 11.6. The number of para-hydroxylation sites is 2. The lowest BCUT2D eigenvalue weighted by Gasteiger charge is -2.08. The van der Waals surface area contributed by atoms with Gasteiger partial charge >= 0.3 is 0 Å². The van der Waals surface area contributed by atoms with Crippen LogP contribution in [0, 0.1) is 0 Å². The number of rotatable bonds is 2. The molecule has 1 aromatic heterocycles. The predicted molar refractivity (Wildman–Crippen MR) is 85.3 cm³/mol. The van der Waals surface area contributed by atoms with E-state index in [2.05, 4.69) is 22.5 Å². The number of hydrogen-bond acceptors (Lipinski definition) is 2. The molecule has 102 valence electrons.